The summed E-state index contributed by atoms with van der Waals surface area (Å²) in [6.07, 6.45) is 0. The molecule has 1 aliphatic heterocycles. The number of hydrogen-bond donors (Lipinski definition) is 2. The van der Waals surface area contributed by atoms with E-state index in [0.717, 1.165) is 37.6 Å². The number of morpholine rings is 1. The van der Waals surface area contributed by atoms with Crippen LogP contribution in [0.15, 0.2) is 24.3 Å². The Balaban J connectivity index is 1.92. The van der Waals surface area contributed by atoms with Crippen molar-refractivity contribution in [2.45, 2.75) is 39.3 Å². The Morgan fingerprint density at radius 3 is 2.38 bits per heavy atom. The summed E-state index contributed by atoms with van der Waals surface area (Å²) < 4.78 is 10.6. The SMILES string of the molecule is COc1ccc(C(NC(=O)NCC(C)(C)N2CCOCC2)C(C)C)cc1. The molecule has 0 aromatic heterocycles. The molecule has 0 aliphatic carbocycles. The minimum absolute atomic E-state index is 0.0487. The van der Waals surface area contributed by atoms with Crippen molar-refractivity contribution in [2.75, 3.05) is 40.0 Å². The van der Waals surface area contributed by atoms with Gasteiger partial charge >= 0.3 is 6.03 Å². The zero-order chi connectivity index (χ0) is 19.2. The van der Waals surface area contributed by atoms with Gasteiger partial charge in [0.2, 0.25) is 0 Å². The van der Waals surface area contributed by atoms with E-state index in [-0.39, 0.29) is 23.5 Å². The van der Waals surface area contributed by atoms with Crippen molar-refractivity contribution in [2.24, 2.45) is 5.92 Å². The summed E-state index contributed by atoms with van der Waals surface area (Å²) in [5, 5.41) is 6.15. The molecule has 0 bridgehead atoms. The minimum Gasteiger partial charge on any atom is -0.497 e. The number of rotatable bonds is 7. The summed E-state index contributed by atoms with van der Waals surface area (Å²) in [5.74, 6) is 1.09. The maximum Gasteiger partial charge on any atom is 0.315 e. The Hall–Kier alpha value is -1.79. The lowest BCUT2D eigenvalue weighted by molar-refractivity contribution is -0.00877. The van der Waals surface area contributed by atoms with Gasteiger partial charge in [-0.1, -0.05) is 26.0 Å². The number of carbonyl (C=O) groups excluding carboxylic acids is 1. The highest BCUT2D eigenvalue weighted by atomic mass is 16.5. The topological polar surface area (TPSA) is 62.8 Å². The van der Waals surface area contributed by atoms with Gasteiger partial charge in [-0.25, -0.2) is 4.79 Å². The molecule has 1 aliphatic rings. The molecule has 1 heterocycles. The number of carbonyl (C=O) groups is 1. The van der Waals surface area contributed by atoms with Gasteiger partial charge in [-0.05, 0) is 37.5 Å². The van der Waals surface area contributed by atoms with E-state index < -0.39 is 0 Å². The molecule has 2 amide bonds. The first-order valence-corrected chi connectivity index (χ1v) is 9.34. The van der Waals surface area contributed by atoms with Gasteiger partial charge < -0.3 is 20.1 Å². The van der Waals surface area contributed by atoms with Crippen LogP contribution in [0.1, 0.15) is 39.3 Å². The average Bonchev–Trinajstić information content (AvgIpc) is 2.65. The van der Waals surface area contributed by atoms with Crippen LogP contribution in [0.25, 0.3) is 0 Å². The van der Waals surface area contributed by atoms with Gasteiger partial charge in [0.1, 0.15) is 5.75 Å². The van der Waals surface area contributed by atoms with E-state index in [2.05, 4.69) is 43.2 Å². The molecule has 6 nitrogen and oxygen atoms in total. The summed E-state index contributed by atoms with van der Waals surface area (Å²) in [4.78, 5) is 14.9. The van der Waals surface area contributed by atoms with Crippen LogP contribution in [0.3, 0.4) is 0 Å². The van der Waals surface area contributed by atoms with E-state index in [1.807, 2.05) is 24.3 Å². The van der Waals surface area contributed by atoms with E-state index in [9.17, 15) is 4.79 Å². The number of ether oxygens (including phenoxy) is 2. The van der Waals surface area contributed by atoms with Crippen molar-refractivity contribution >= 4 is 6.03 Å². The normalized spacial score (nSPS) is 17.0. The number of benzene rings is 1. The smallest absolute Gasteiger partial charge is 0.315 e. The molecule has 0 radical (unpaired) electrons. The van der Waals surface area contributed by atoms with Crippen LogP contribution in [-0.4, -0.2) is 56.4 Å². The lowest BCUT2D eigenvalue weighted by Gasteiger charge is -2.41. The number of hydrogen-bond acceptors (Lipinski definition) is 4. The summed E-state index contributed by atoms with van der Waals surface area (Å²) >= 11 is 0. The van der Waals surface area contributed by atoms with Gasteiger partial charge in [-0.15, -0.1) is 0 Å². The van der Waals surface area contributed by atoms with Gasteiger partial charge in [0.05, 0.1) is 26.4 Å². The van der Waals surface area contributed by atoms with Crippen LogP contribution >= 0.6 is 0 Å². The zero-order valence-corrected chi connectivity index (χ0v) is 16.7. The Kier molecular flexibility index (Phi) is 7.29. The molecule has 6 heteroatoms. The predicted octanol–water partition coefficient (Wildman–Crippen LogP) is 2.80. The predicted molar refractivity (Wildman–Crippen MR) is 104 cm³/mol. The highest BCUT2D eigenvalue weighted by Crippen LogP contribution is 2.24. The van der Waals surface area contributed by atoms with Crippen molar-refractivity contribution in [3.63, 3.8) is 0 Å². The number of urea groups is 1. The first kappa shape index (κ1) is 20.5. The molecule has 1 saturated heterocycles. The largest absolute Gasteiger partial charge is 0.497 e. The maximum absolute atomic E-state index is 12.5. The number of nitrogens with one attached hydrogen (secondary N) is 2. The Morgan fingerprint density at radius 1 is 1.23 bits per heavy atom. The van der Waals surface area contributed by atoms with Gasteiger partial charge in [-0.3, -0.25) is 4.90 Å². The number of nitrogens with zero attached hydrogens (tertiary/aromatic N) is 1. The van der Waals surface area contributed by atoms with E-state index >= 15 is 0 Å². The summed E-state index contributed by atoms with van der Waals surface area (Å²) in [5.41, 5.74) is 0.970. The molecule has 1 atom stereocenters. The number of amides is 2. The van der Waals surface area contributed by atoms with Crippen molar-refractivity contribution in [1.82, 2.24) is 15.5 Å². The summed E-state index contributed by atoms with van der Waals surface area (Å²) in [6.45, 7) is 12.4. The fourth-order valence-electron chi connectivity index (χ4n) is 3.22. The van der Waals surface area contributed by atoms with Gasteiger partial charge in [-0.2, -0.15) is 0 Å². The molecule has 146 valence electrons. The van der Waals surface area contributed by atoms with Crippen LogP contribution in [0.2, 0.25) is 0 Å². The van der Waals surface area contributed by atoms with Crippen molar-refractivity contribution < 1.29 is 14.3 Å². The highest BCUT2D eigenvalue weighted by molar-refractivity contribution is 5.74. The molecule has 1 unspecified atom stereocenters. The van der Waals surface area contributed by atoms with Crippen LogP contribution in [0.4, 0.5) is 4.79 Å². The van der Waals surface area contributed by atoms with Gasteiger partial charge in [0.25, 0.3) is 0 Å². The standard InChI is InChI=1S/C20H33N3O3/c1-15(2)18(16-6-8-17(25-5)9-7-16)22-19(24)21-14-20(3,4)23-10-12-26-13-11-23/h6-9,15,18H,10-14H2,1-5H3,(H2,21,22,24). The molecule has 1 aromatic carbocycles. The molecule has 26 heavy (non-hydrogen) atoms. The Morgan fingerprint density at radius 2 is 1.85 bits per heavy atom. The molecule has 2 rings (SSSR count). The van der Waals surface area contributed by atoms with E-state index in [1.54, 1.807) is 7.11 Å². The molecule has 1 aromatic rings. The first-order valence-electron chi connectivity index (χ1n) is 9.34. The lowest BCUT2D eigenvalue weighted by Crippen LogP contribution is -2.56. The van der Waals surface area contributed by atoms with Gasteiger partial charge in [0, 0.05) is 25.2 Å². The highest BCUT2D eigenvalue weighted by Gasteiger charge is 2.29. The second-order valence-electron chi connectivity index (χ2n) is 7.73. The van der Waals surface area contributed by atoms with Crippen LogP contribution < -0.4 is 15.4 Å². The van der Waals surface area contributed by atoms with Crippen molar-refractivity contribution in [1.29, 1.82) is 0 Å². The third kappa shape index (κ3) is 5.61. The fraction of sp³-hybridized carbons (Fsp3) is 0.650. The van der Waals surface area contributed by atoms with Crippen LogP contribution in [-0.2, 0) is 4.74 Å². The molecule has 1 fully saturated rings. The average molecular weight is 364 g/mol. The monoisotopic (exact) mass is 363 g/mol. The molecular weight excluding hydrogens is 330 g/mol. The van der Waals surface area contributed by atoms with Crippen molar-refractivity contribution in [3.05, 3.63) is 29.8 Å². The molecule has 2 N–H and O–H groups in total. The minimum atomic E-state index is -0.138. The van der Waals surface area contributed by atoms with E-state index in [0.29, 0.717) is 6.54 Å². The quantitative estimate of drug-likeness (QED) is 0.782. The lowest BCUT2D eigenvalue weighted by atomic mass is 9.96. The third-order valence-corrected chi connectivity index (χ3v) is 4.98. The van der Waals surface area contributed by atoms with E-state index in [4.69, 9.17) is 9.47 Å². The molecular formula is C20H33N3O3. The Labute approximate surface area is 157 Å². The third-order valence-electron chi connectivity index (χ3n) is 4.98. The van der Waals surface area contributed by atoms with Gasteiger partial charge in [0.15, 0.2) is 0 Å². The summed E-state index contributed by atoms with van der Waals surface area (Å²) in [7, 11) is 1.65. The maximum atomic E-state index is 12.5. The molecule has 0 spiro atoms. The zero-order valence-electron chi connectivity index (χ0n) is 16.7. The summed E-state index contributed by atoms with van der Waals surface area (Å²) in [6, 6.07) is 7.66. The molecule has 0 saturated carbocycles. The first-order chi connectivity index (χ1) is 12.3. The van der Waals surface area contributed by atoms with E-state index in [1.165, 1.54) is 0 Å². The second kappa shape index (κ2) is 9.24. The van der Waals surface area contributed by atoms with Crippen molar-refractivity contribution in [3.8, 4) is 5.75 Å². The Bertz CT molecular complexity index is 566. The van der Waals surface area contributed by atoms with Crippen LogP contribution in [0, 0.1) is 5.92 Å². The van der Waals surface area contributed by atoms with Crippen LogP contribution in [0.5, 0.6) is 5.75 Å². The fourth-order valence-corrected chi connectivity index (χ4v) is 3.22. The second-order valence-corrected chi connectivity index (χ2v) is 7.73. The number of methoxy groups -OCH3 is 1.